The van der Waals surface area contributed by atoms with E-state index in [-0.39, 0.29) is 0 Å². The third-order valence-electron chi connectivity index (χ3n) is 3.44. The lowest BCUT2D eigenvalue weighted by atomic mass is 9.94. The van der Waals surface area contributed by atoms with Crippen molar-refractivity contribution in [2.45, 2.75) is 25.8 Å². The monoisotopic (exact) mass is 280 g/mol. The number of ether oxygens (including phenoxy) is 1. The molecule has 21 heavy (non-hydrogen) atoms. The summed E-state index contributed by atoms with van der Waals surface area (Å²) in [6.45, 7) is 3.96. The smallest absolute Gasteiger partial charge is 0.126 e. The highest BCUT2D eigenvalue weighted by Gasteiger charge is 2.24. The van der Waals surface area contributed by atoms with Gasteiger partial charge in [-0.2, -0.15) is 5.26 Å². The van der Waals surface area contributed by atoms with Gasteiger partial charge in [0.15, 0.2) is 0 Å². The summed E-state index contributed by atoms with van der Waals surface area (Å²) < 4.78 is 5.15. The van der Waals surface area contributed by atoms with Crippen molar-refractivity contribution in [1.29, 1.82) is 5.26 Å². The Balaban J connectivity index is 2.13. The number of benzene rings is 2. The van der Waals surface area contributed by atoms with Gasteiger partial charge < -0.3 is 10.1 Å². The van der Waals surface area contributed by atoms with E-state index in [0.717, 1.165) is 17.0 Å². The largest absolute Gasteiger partial charge is 0.497 e. The lowest BCUT2D eigenvalue weighted by Crippen LogP contribution is -2.35. The molecule has 0 saturated heterocycles. The third kappa shape index (κ3) is 4.00. The van der Waals surface area contributed by atoms with Crippen molar-refractivity contribution in [3.63, 3.8) is 0 Å². The molecule has 1 unspecified atom stereocenters. The van der Waals surface area contributed by atoms with E-state index in [1.807, 2.05) is 62.4 Å². The van der Waals surface area contributed by atoms with E-state index in [1.165, 1.54) is 5.56 Å². The normalized spacial score (nSPS) is 13.0. The van der Waals surface area contributed by atoms with Gasteiger partial charge in [-0.15, -0.1) is 0 Å². The lowest BCUT2D eigenvalue weighted by molar-refractivity contribution is 0.414. The van der Waals surface area contributed by atoms with Gasteiger partial charge in [0.05, 0.1) is 13.2 Å². The van der Waals surface area contributed by atoms with Gasteiger partial charge in [-0.3, -0.25) is 0 Å². The fraction of sp³-hybridized carbons (Fsp3) is 0.278. The first-order valence-corrected chi connectivity index (χ1v) is 6.94. The molecule has 0 bridgehead atoms. The van der Waals surface area contributed by atoms with Crippen LogP contribution in [0.25, 0.3) is 0 Å². The summed E-state index contributed by atoms with van der Waals surface area (Å²) in [5.41, 5.74) is 2.61. The molecule has 2 rings (SSSR count). The Hall–Kier alpha value is -2.47. The highest BCUT2D eigenvalue weighted by molar-refractivity contribution is 5.49. The molecule has 0 aliphatic rings. The molecule has 2 aromatic carbocycles. The standard InChI is InChI=1S/C18H20N2O/c1-14-4-8-16(9-5-14)20-18(2,13-19)12-15-6-10-17(21-3)11-7-15/h4-11,20H,12H2,1-3H3. The van der Waals surface area contributed by atoms with Crippen LogP contribution in [0.1, 0.15) is 18.1 Å². The van der Waals surface area contributed by atoms with Gasteiger partial charge in [-0.1, -0.05) is 29.8 Å². The van der Waals surface area contributed by atoms with Gasteiger partial charge >= 0.3 is 0 Å². The van der Waals surface area contributed by atoms with Gasteiger partial charge in [-0.25, -0.2) is 0 Å². The lowest BCUT2D eigenvalue weighted by Gasteiger charge is -2.25. The van der Waals surface area contributed by atoms with E-state index in [1.54, 1.807) is 7.11 Å². The molecule has 2 aromatic rings. The fourth-order valence-corrected chi connectivity index (χ4v) is 2.22. The summed E-state index contributed by atoms with van der Waals surface area (Å²) in [4.78, 5) is 0. The third-order valence-corrected chi connectivity index (χ3v) is 3.44. The summed E-state index contributed by atoms with van der Waals surface area (Å²) in [7, 11) is 1.65. The second-order valence-electron chi connectivity index (χ2n) is 5.46. The number of nitrogens with one attached hydrogen (secondary N) is 1. The Morgan fingerprint density at radius 3 is 2.24 bits per heavy atom. The van der Waals surface area contributed by atoms with Crippen molar-refractivity contribution in [1.82, 2.24) is 0 Å². The minimum atomic E-state index is -0.649. The first-order chi connectivity index (χ1) is 10.0. The van der Waals surface area contributed by atoms with Crippen molar-refractivity contribution in [3.8, 4) is 11.8 Å². The highest BCUT2D eigenvalue weighted by Crippen LogP contribution is 2.21. The Labute approximate surface area is 126 Å². The molecule has 0 aliphatic heterocycles. The number of nitrogens with zero attached hydrogens (tertiary/aromatic N) is 1. The van der Waals surface area contributed by atoms with Crippen molar-refractivity contribution >= 4 is 5.69 Å². The van der Waals surface area contributed by atoms with E-state index in [9.17, 15) is 5.26 Å². The van der Waals surface area contributed by atoms with Crippen LogP contribution in [0.3, 0.4) is 0 Å². The van der Waals surface area contributed by atoms with E-state index in [4.69, 9.17) is 4.74 Å². The molecule has 1 N–H and O–H groups in total. The summed E-state index contributed by atoms with van der Waals surface area (Å²) in [5.74, 6) is 0.823. The van der Waals surface area contributed by atoms with Crippen LogP contribution in [-0.2, 0) is 6.42 Å². The quantitative estimate of drug-likeness (QED) is 0.902. The molecule has 0 amide bonds. The minimum Gasteiger partial charge on any atom is -0.497 e. The van der Waals surface area contributed by atoms with Crippen LogP contribution in [-0.4, -0.2) is 12.6 Å². The summed E-state index contributed by atoms with van der Waals surface area (Å²) in [5, 5.41) is 12.8. The molecular weight excluding hydrogens is 260 g/mol. The molecule has 0 heterocycles. The topological polar surface area (TPSA) is 45.0 Å². The van der Waals surface area contributed by atoms with E-state index >= 15 is 0 Å². The van der Waals surface area contributed by atoms with Crippen molar-refractivity contribution in [2.75, 3.05) is 12.4 Å². The summed E-state index contributed by atoms with van der Waals surface area (Å²) in [6.07, 6.45) is 0.626. The van der Waals surface area contributed by atoms with Crippen LogP contribution < -0.4 is 10.1 Å². The molecule has 3 heteroatoms. The van der Waals surface area contributed by atoms with Crippen LogP contribution in [0.5, 0.6) is 5.75 Å². The van der Waals surface area contributed by atoms with E-state index in [0.29, 0.717) is 6.42 Å². The molecule has 0 aromatic heterocycles. The van der Waals surface area contributed by atoms with Crippen molar-refractivity contribution < 1.29 is 4.74 Å². The average Bonchev–Trinajstić information content (AvgIpc) is 2.50. The number of hydrogen-bond donors (Lipinski definition) is 1. The Morgan fingerprint density at radius 1 is 1.10 bits per heavy atom. The molecule has 0 saturated carbocycles. The van der Waals surface area contributed by atoms with Crippen LogP contribution in [0.2, 0.25) is 0 Å². The van der Waals surface area contributed by atoms with Gasteiger partial charge in [-0.05, 0) is 43.7 Å². The molecule has 108 valence electrons. The molecule has 1 atom stereocenters. The van der Waals surface area contributed by atoms with Crippen molar-refractivity contribution in [3.05, 3.63) is 59.7 Å². The number of hydrogen-bond acceptors (Lipinski definition) is 3. The number of aryl methyl sites for hydroxylation is 1. The van der Waals surface area contributed by atoms with Crippen LogP contribution in [0.15, 0.2) is 48.5 Å². The van der Waals surface area contributed by atoms with Gasteiger partial charge in [0.2, 0.25) is 0 Å². The fourth-order valence-electron chi connectivity index (χ4n) is 2.22. The number of rotatable bonds is 5. The maximum atomic E-state index is 9.53. The van der Waals surface area contributed by atoms with Gasteiger partial charge in [0.25, 0.3) is 0 Å². The zero-order valence-electron chi connectivity index (χ0n) is 12.7. The Morgan fingerprint density at radius 2 is 1.71 bits per heavy atom. The summed E-state index contributed by atoms with van der Waals surface area (Å²) in [6, 6.07) is 18.3. The SMILES string of the molecule is COc1ccc(CC(C)(C#N)Nc2ccc(C)cc2)cc1. The number of methoxy groups -OCH3 is 1. The molecule has 0 spiro atoms. The minimum absolute atomic E-state index is 0.626. The highest BCUT2D eigenvalue weighted by atomic mass is 16.5. The van der Waals surface area contributed by atoms with Crippen molar-refractivity contribution in [2.24, 2.45) is 0 Å². The molecule has 0 fully saturated rings. The van der Waals surface area contributed by atoms with Crippen LogP contribution in [0, 0.1) is 18.3 Å². The zero-order valence-corrected chi connectivity index (χ0v) is 12.7. The maximum absolute atomic E-state index is 9.53. The predicted octanol–water partition coefficient (Wildman–Crippen LogP) is 3.94. The Kier molecular flexibility index (Phi) is 4.49. The van der Waals surface area contributed by atoms with Gasteiger partial charge in [0, 0.05) is 12.1 Å². The first-order valence-electron chi connectivity index (χ1n) is 6.94. The van der Waals surface area contributed by atoms with E-state index < -0.39 is 5.54 Å². The summed E-state index contributed by atoms with van der Waals surface area (Å²) >= 11 is 0. The first kappa shape index (κ1) is 14.9. The second-order valence-corrected chi connectivity index (χ2v) is 5.46. The Bertz CT molecular complexity index is 626. The van der Waals surface area contributed by atoms with Crippen LogP contribution in [0.4, 0.5) is 5.69 Å². The predicted molar refractivity (Wildman–Crippen MR) is 85.5 cm³/mol. The molecular formula is C18H20N2O. The number of anilines is 1. The maximum Gasteiger partial charge on any atom is 0.126 e. The molecule has 3 nitrogen and oxygen atoms in total. The zero-order chi connectivity index (χ0) is 15.3. The van der Waals surface area contributed by atoms with Crippen LogP contribution >= 0.6 is 0 Å². The molecule has 0 radical (unpaired) electrons. The number of nitriles is 1. The molecule has 0 aliphatic carbocycles. The van der Waals surface area contributed by atoms with Gasteiger partial charge in [0.1, 0.15) is 11.3 Å². The van der Waals surface area contributed by atoms with E-state index in [2.05, 4.69) is 11.4 Å². The second kappa shape index (κ2) is 6.32. The average molecular weight is 280 g/mol.